The molecule has 0 N–H and O–H groups in total. The maximum absolute atomic E-state index is 13.1. The maximum atomic E-state index is 13.1. The van der Waals surface area contributed by atoms with Gasteiger partial charge in [-0.05, 0) is 31.4 Å². The van der Waals surface area contributed by atoms with Crippen LogP contribution in [0.3, 0.4) is 0 Å². The van der Waals surface area contributed by atoms with Crippen molar-refractivity contribution in [2.45, 2.75) is 32.1 Å². The topological polar surface area (TPSA) is 66.9 Å². The fourth-order valence-corrected chi connectivity index (χ4v) is 3.71. The van der Waals surface area contributed by atoms with Crippen molar-refractivity contribution in [2.24, 2.45) is 5.92 Å². The van der Waals surface area contributed by atoms with Gasteiger partial charge in [-0.2, -0.15) is 0 Å². The standard InChI is InChI=1S/C19H24N2O4/c1-3-25-19(24)13-7-6-10-21(12-13)18(23)15-11-17(22)20(2)16-9-5-4-8-14(15)16/h4-5,8-9,13,15H,3,6-7,10-12H2,1-2H3/t13-,15-/m1/s1. The van der Waals surface area contributed by atoms with Gasteiger partial charge in [0.05, 0.1) is 18.4 Å². The summed E-state index contributed by atoms with van der Waals surface area (Å²) >= 11 is 0. The van der Waals surface area contributed by atoms with E-state index in [9.17, 15) is 14.4 Å². The molecule has 0 radical (unpaired) electrons. The van der Waals surface area contributed by atoms with E-state index in [0.717, 1.165) is 24.1 Å². The lowest BCUT2D eigenvalue weighted by atomic mass is 9.87. The predicted octanol–water partition coefficient (Wildman–Crippen LogP) is 1.94. The molecule has 25 heavy (non-hydrogen) atoms. The second kappa shape index (κ2) is 7.25. The molecular weight excluding hydrogens is 320 g/mol. The Morgan fingerprint density at radius 1 is 1.28 bits per heavy atom. The third kappa shape index (κ3) is 3.38. The molecule has 2 atom stereocenters. The smallest absolute Gasteiger partial charge is 0.310 e. The van der Waals surface area contributed by atoms with E-state index < -0.39 is 5.92 Å². The number of likely N-dealkylation sites (tertiary alicyclic amines) is 1. The molecule has 1 aromatic carbocycles. The highest BCUT2D eigenvalue weighted by atomic mass is 16.5. The van der Waals surface area contributed by atoms with Crippen LogP contribution < -0.4 is 4.90 Å². The Balaban J connectivity index is 1.80. The number of carbonyl (C=O) groups is 3. The van der Waals surface area contributed by atoms with Gasteiger partial charge in [0.25, 0.3) is 0 Å². The molecule has 1 aromatic rings. The van der Waals surface area contributed by atoms with Crippen molar-refractivity contribution in [1.82, 2.24) is 4.90 Å². The summed E-state index contributed by atoms with van der Waals surface area (Å²) in [6.07, 6.45) is 1.69. The van der Waals surface area contributed by atoms with E-state index in [1.165, 1.54) is 0 Å². The molecule has 6 heteroatoms. The number of nitrogens with zero attached hydrogens (tertiary/aromatic N) is 2. The quantitative estimate of drug-likeness (QED) is 0.786. The van der Waals surface area contributed by atoms with Crippen LogP contribution in [0.15, 0.2) is 24.3 Å². The van der Waals surface area contributed by atoms with Gasteiger partial charge in [-0.3, -0.25) is 14.4 Å². The Morgan fingerprint density at radius 2 is 2.04 bits per heavy atom. The molecule has 0 aliphatic carbocycles. The van der Waals surface area contributed by atoms with Crippen molar-refractivity contribution in [2.75, 3.05) is 31.6 Å². The number of esters is 1. The van der Waals surface area contributed by atoms with Gasteiger partial charge in [-0.15, -0.1) is 0 Å². The van der Waals surface area contributed by atoms with Crippen LogP contribution in [0.1, 0.15) is 37.7 Å². The molecule has 0 bridgehead atoms. The highest BCUT2D eigenvalue weighted by Crippen LogP contribution is 2.36. The van der Waals surface area contributed by atoms with Crippen LogP contribution in [0, 0.1) is 5.92 Å². The first-order chi connectivity index (χ1) is 12.0. The van der Waals surface area contributed by atoms with Gasteiger partial charge in [0.2, 0.25) is 11.8 Å². The number of hydrogen-bond donors (Lipinski definition) is 0. The number of carbonyl (C=O) groups excluding carboxylic acids is 3. The van der Waals surface area contributed by atoms with Gasteiger partial charge in [0.15, 0.2) is 0 Å². The summed E-state index contributed by atoms with van der Waals surface area (Å²) < 4.78 is 5.10. The lowest BCUT2D eigenvalue weighted by Crippen LogP contribution is -2.46. The molecule has 6 nitrogen and oxygen atoms in total. The first kappa shape index (κ1) is 17.5. The Bertz CT molecular complexity index is 688. The third-order valence-corrected chi connectivity index (χ3v) is 5.08. The van der Waals surface area contributed by atoms with Crippen LogP contribution in [-0.4, -0.2) is 49.4 Å². The van der Waals surface area contributed by atoms with E-state index in [4.69, 9.17) is 4.74 Å². The Morgan fingerprint density at radius 3 is 2.80 bits per heavy atom. The first-order valence-corrected chi connectivity index (χ1v) is 8.83. The summed E-state index contributed by atoms with van der Waals surface area (Å²) in [7, 11) is 1.74. The third-order valence-electron chi connectivity index (χ3n) is 5.08. The average molecular weight is 344 g/mol. The summed E-state index contributed by atoms with van der Waals surface area (Å²) in [5, 5.41) is 0. The Kier molecular flexibility index (Phi) is 5.06. The summed E-state index contributed by atoms with van der Waals surface area (Å²) in [6, 6.07) is 7.53. The van der Waals surface area contributed by atoms with E-state index >= 15 is 0 Å². The summed E-state index contributed by atoms with van der Waals surface area (Å²) in [4.78, 5) is 40.7. The number of para-hydroxylation sites is 1. The van der Waals surface area contributed by atoms with Crippen LogP contribution in [0.25, 0.3) is 0 Å². The molecule has 2 aliphatic heterocycles. The molecule has 1 fully saturated rings. The summed E-state index contributed by atoms with van der Waals surface area (Å²) in [5.74, 6) is -1.10. The monoisotopic (exact) mass is 344 g/mol. The van der Waals surface area contributed by atoms with Gasteiger partial charge in [0.1, 0.15) is 0 Å². The number of hydrogen-bond acceptors (Lipinski definition) is 4. The van der Waals surface area contributed by atoms with Crippen LogP contribution in [0.5, 0.6) is 0 Å². The van der Waals surface area contributed by atoms with Crippen LogP contribution in [0.4, 0.5) is 5.69 Å². The molecule has 2 amide bonds. The highest BCUT2D eigenvalue weighted by molar-refractivity contribution is 6.02. The first-order valence-electron chi connectivity index (χ1n) is 8.83. The highest BCUT2D eigenvalue weighted by Gasteiger charge is 2.38. The molecule has 0 aromatic heterocycles. The molecule has 2 aliphatic rings. The maximum Gasteiger partial charge on any atom is 0.310 e. The molecule has 134 valence electrons. The summed E-state index contributed by atoms with van der Waals surface area (Å²) in [5.41, 5.74) is 1.67. The van der Waals surface area contributed by atoms with Crippen molar-refractivity contribution in [1.29, 1.82) is 0 Å². The SMILES string of the molecule is CCOC(=O)[C@@H]1CCCN(C(=O)[C@@H]2CC(=O)N(C)c3ccccc32)C1. The number of anilines is 1. The zero-order valence-corrected chi connectivity index (χ0v) is 14.7. The van der Waals surface area contributed by atoms with Crippen LogP contribution in [-0.2, 0) is 19.1 Å². The molecule has 3 rings (SSSR count). The minimum absolute atomic E-state index is 0.0593. The number of piperidine rings is 1. The lowest BCUT2D eigenvalue weighted by molar-refractivity contribution is -0.151. The minimum Gasteiger partial charge on any atom is -0.466 e. The number of amides is 2. The van der Waals surface area contributed by atoms with Gasteiger partial charge >= 0.3 is 5.97 Å². The van der Waals surface area contributed by atoms with E-state index in [1.54, 1.807) is 23.8 Å². The molecule has 1 saturated heterocycles. The lowest BCUT2D eigenvalue weighted by Gasteiger charge is -2.37. The number of fused-ring (bicyclic) bond motifs is 1. The number of rotatable bonds is 3. The average Bonchev–Trinajstić information content (AvgIpc) is 2.64. The summed E-state index contributed by atoms with van der Waals surface area (Å²) in [6.45, 7) is 3.13. The second-order valence-electron chi connectivity index (χ2n) is 6.64. The van der Waals surface area contributed by atoms with E-state index in [1.807, 2.05) is 24.3 Å². The van der Waals surface area contributed by atoms with E-state index in [-0.39, 0.29) is 30.1 Å². The minimum atomic E-state index is -0.471. The number of benzene rings is 1. The Hall–Kier alpha value is -2.37. The fourth-order valence-electron chi connectivity index (χ4n) is 3.71. The molecular formula is C19H24N2O4. The van der Waals surface area contributed by atoms with E-state index in [2.05, 4.69) is 0 Å². The van der Waals surface area contributed by atoms with Gasteiger partial charge in [-0.25, -0.2) is 0 Å². The van der Waals surface area contributed by atoms with Crippen molar-refractivity contribution in [3.8, 4) is 0 Å². The zero-order valence-electron chi connectivity index (χ0n) is 14.7. The van der Waals surface area contributed by atoms with Gasteiger partial charge < -0.3 is 14.5 Å². The van der Waals surface area contributed by atoms with Gasteiger partial charge in [0, 0.05) is 32.2 Å². The Labute approximate surface area is 147 Å². The predicted molar refractivity (Wildman–Crippen MR) is 93.1 cm³/mol. The van der Waals surface area contributed by atoms with Crippen LogP contribution >= 0.6 is 0 Å². The van der Waals surface area contributed by atoms with Crippen molar-refractivity contribution in [3.05, 3.63) is 29.8 Å². The van der Waals surface area contributed by atoms with Gasteiger partial charge in [-0.1, -0.05) is 18.2 Å². The zero-order chi connectivity index (χ0) is 18.0. The molecule has 0 unspecified atom stereocenters. The molecule has 2 heterocycles. The van der Waals surface area contributed by atoms with Crippen molar-refractivity contribution < 1.29 is 19.1 Å². The fraction of sp³-hybridized carbons (Fsp3) is 0.526. The van der Waals surface area contributed by atoms with Crippen molar-refractivity contribution >= 4 is 23.5 Å². The largest absolute Gasteiger partial charge is 0.466 e. The van der Waals surface area contributed by atoms with Crippen LogP contribution in [0.2, 0.25) is 0 Å². The normalized spacial score (nSPS) is 23.2. The second-order valence-corrected chi connectivity index (χ2v) is 6.64. The molecule has 0 spiro atoms. The molecule has 0 saturated carbocycles. The number of ether oxygens (including phenoxy) is 1. The van der Waals surface area contributed by atoms with Crippen molar-refractivity contribution in [3.63, 3.8) is 0 Å². The van der Waals surface area contributed by atoms with E-state index in [0.29, 0.717) is 19.7 Å².